The molecular weight excluding hydrogens is 457 g/mol. The van der Waals surface area contributed by atoms with Crippen molar-refractivity contribution < 1.29 is 14.6 Å². The molecule has 1 aliphatic carbocycles. The zero-order chi connectivity index (χ0) is 19.2. The second-order valence-electron chi connectivity index (χ2n) is 7.65. The summed E-state index contributed by atoms with van der Waals surface area (Å²) in [6.45, 7) is 8.84. The second-order valence-corrected chi connectivity index (χ2v) is 7.65. The number of esters is 1. The van der Waals surface area contributed by atoms with E-state index in [1.165, 1.54) is 12.8 Å². The van der Waals surface area contributed by atoms with E-state index in [9.17, 15) is 9.90 Å². The summed E-state index contributed by atoms with van der Waals surface area (Å²) < 4.78 is 5.47. The predicted molar refractivity (Wildman–Crippen MR) is 122 cm³/mol. The number of hydrogen-bond acceptors (Lipinski definition) is 4. The molecule has 1 aliphatic rings. The number of halogens is 1. The van der Waals surface area contributed by atoms with Crippen molar-refractivity contribution in [1.29, 1.82) is 0 Å². The molecule has 27 heavy (non-hydrogen) atoms. The van der Waals surface area contributed by atoms with Gasteiger partial charge in [0.1, 0.15) is 6.10 Å². The Labute approximate surface area is 182 Å². The molecule has 0 saturated heterocycles. The molecule has 1 atom stereocenters. The van der Waals surface area contributed by atoms with Crippen molar-refractivity contribution in [3.63, 3.8) is 0 Å². The van der Waals surface area contributed by atoms with E-state index in [1.54, 1.807) is 0 Å². The maximum absolute atomic E-state index is 11.8. The number of carbonyl (C=O) groups excluding carboxylic acids is 1. The number of hydrogen-bond donors (Lipinski definition) is 3. The van der Waals surface area contributed by atoms with Crippen LogP contribution in [0.1, 0.15) is 72.1 Å². The fourth-order valence-corrected chi connectivity index (χ4v) is 3.39. The highest BCUT2D eigenvalue weighted by atomic mass is 127. The summed E-state index contributed by atoms with van der Waals surface area (Å²) in [4.78, 5) is 16.5. The number of ether oxygens (including phenoxy) is 1. The predicted octanol–water partition coefficient (Wildman–Crippen LogP) is 3.47. The highest BCUT2D eigenvalue weighted by Gasteiger charge is 2.18. The Bertz CT molecular complexity index is 413. The zero-order valence-electron chi connectivity index (χ0n) is 17.3. The quantitative estimate of drug-likeness (QED) is 0.127. The van der Waals surface area contributed by atoms with Gasteiger partial charge >= 0.3 is 5.97 Å². The number of rotatable bonds is 12. The molecule has 0 spiro atoms. The SMILES string of the molecule is CCNC(=NCC(CCO)CC(C)C)NCCCC(=O)OC1CCCC1.I. The van der Waals surface area contributed by atoms with Crippen LogP contribution in [0.25, 0.3) is 0 Å². The molecule has 1 saturated carbocycles. The third-order valence-corrected chi connectivity index (χ3v) is 4.64. The van der Waals surface area contributed by atoms with Gasteiger partial charge in [-0.25, -0.2) is 0 Å². The van der Waals surface area contributed by atoms with Crippen molar-refractivity contribution in [1.82, 2.24) is 10.6 Å². The molecule has 0 aromatic heterocycles. The smallest absolute Gasteiger partial charge is 0.306 e. The Kier molecular flexibility index (Phi) is 16.0. The van der Waals surface area contributed by atoms with E-state index >= 15 is 0 Å². The van der Waals surface area contributed by atoms with Crippen LogP contribution < -0.4 is 10.6 Å². The fourth-order valence-electron chi connectivity index (χ4n) is 3.39. The minimum atomic E-state index is -0.0828. The summed E-state index contributed by atoms with van der Waals surface area (Å²) in [5.74, 6) is 1.70. The molecule has 1 rings (SSSR count). The first-order valence-corrected chi connectivity index (χ1v) is 10.4. The average molecular weight is 497 g/mol. The van der Waals surface area contributed by atoms with E-state index in [0.29, 0.717) is 31.3 Å². The van der Waals surface area contributed by atoms with Crippen LogP contribution in [0.5, 0.6) is 0 Å². The van der Waals surface area contributed by atoms with Crippen molar-refractivity contribution in [3.05, 3.63) is 0 Å². The Morgan fingerprint density at radius 2 is 1.96 bits per heavy atom. The molecule has 0 radical (unpaired) electrons. The molecular formula is C20H40IN3O3. The van der Waals surface area contributed by atoms with Crippen molar-refractivity contribution >= 4 is 35.9 Å². The van der Waals surface area contributed by atoms with E-state index in [0.717, 1.165) is 44.6 Å². The van der Waals surface area contributed by atoms with E-state index in [-0.39, 0.29) is 42.7 Å². The summed E-state index contributed by atoms with van der Waals surface area (Å²) in [7, 11) is 0. The Hall–Kier alpha value is -0.570. The number of nitrogens with zero attached hydrogens (tertiary/aromatic N) is 1. The molecule has 1 unspecified atom stereocenters. The van der Waals surface area contributed by atoms with Gasteiger partial charge in [0.2, 0.25) is 0 Å². The number of guanidine groups is 1. The van der Waals surface area contributed by atoms with Gasteiger partial charge < -0.3 is 20.5 Å². The van der Waals surface area contributed by atoms with Crippen LogP contribution in [0.2, 0.25) is 0 Å². The molecule has 0 amide bonds. The standard InChI is InChI=1S/C20H39N3O3.HI/c1-4-21-20(23-15-17(11-13-24)14-16(2)3)22-12-7-10-19(25)26-18-8-5-6-9-18;/h16-18,24H,4-15H2,1-3H3,(H2,21,22,23);1H. The van der Waals surface area contributed by atoms with Gasteiger partial charge in [0.15, 0.2) is 5.96 Å². The van der Waals surface area contributed by atoms with Crippen LogP contribution in [-0.4, -0.2) is 49.4 Å². The van der Waals surface area contributed by atoms with Crippen molar-refractivity contribution in [3.8, 4) is 0 Å². The minimum Gasteiger partial charge on any atom is -0.462 e. The third-order valence-electron chi connectivity index (χ3n) is 4.64. The lowest BCUT2D eigenvalue weighted by Crippen LogP contribution is -2.38. The van der Waals surface area contributed by atoms with E-state index in [2.05, 4.69) is 29.5 Å². The van der Waals surface area contributed by atoms with Gasteiger partial charge in [0, 0.05) is 32.7 Å². The van der Waals surface area contributed by atoms with Gasteiger partial charge in [-0.2, -0.15) is 0 Å². The topological polar surface area (TPSA) is 83.0 Å². The van der Waals surface area contributed by atoms with Crippen LogP contribution in [0.4, 0.5) is 0 Å². The lowest BCUT2D eigenvalue weighted by atomic mass is 9.94. The van der Waals surface area contributed by atoms with Gasteiger partial charge in [-0.1, -0.05) is 13.8 Å². The molecule has 0 bridgehead atoms. The number of aliphatic hydroxyl groups excluding tert-OH is 1. The van der Waals surface area contributed by atoms with Gasteiger partial charge in [-0.05, 0) is 63.7 Å². The van der Waals surface area contributed by atoms with Gasteiger partial charge in [-0.3, -0.25) is 9.79 Å². The lowest BCUT2D eigenvalue weighted by Gasteiger charge is -2.17. The zero-order valence-corrected chi connectivity index (χ0v) is 19.7. The minimum absolute atomic E-state index is 0. The Morgan fingerprint density at radius 1 is 1.26 bits per heavy atom. The summed E-state index contributed by atoms with van der Waals surface area (Å²) in [6.07, 6.45) is 7.58. The molecule has 0 aromatic rings. The number of aliphatic imine (C=N–C) groups is 1. The van der Waals surface area contributed by atoms with E-state index in [4.69, 9.17) is 4.74 Å². The molecule has 160 valence electrons. The van der Waals surface area contributed by atoms with E-state index < -0.39 is 0 Å². The molecule has 6 nitrogen and oxygen atoms in total. The monoisotopic (exact) mass is 497 g/mol. The lowest BCUT2D eigenvalue weighted by molar-refractivity contribution is -0.148. The van der Waals surface area contributed by atoms with Crippen molar-refractivity contribution in [2.75, 3.05) is 26.2 Å². The summed E-state index contributed by atoms with van der Waals surface area (Å²) in [6, 6.07) is 0. The van der Waals surface area contributed by atoms with Crippen LogP contribution in [0.3, 0.4) is 0 Å². The van der Waals surface area contributed by atoms with Gasteiger partial charge in [-0.15, -0.1) is 24.0 Å². The fraction of sp³-hybridized carbons (Fsp3) is 0.900. The summed E-state index contributed by atoms with van der Waals surface area (Å²) in [5, 5.41) is 15.8. The first kappa shape index (κ1) is 26.4. The van der Waals surface area contributed by atoms with Crippen LogP contribution in [0.15, 0.2) is 4.99 Å². The normalized spacial score (nSPS) is 16.1. The van der Waals surface area contributed by atoms with Gasteiger partial charge in [0.25, 0.3) is 0 Å². The molecule has 7 heteroatoms. The Morgan fingerprint density at radius 3 is 2.56 bits per heavy atom. The van der Waals surface area contributed by atoms with Crippen molar-refractivity contribution in [2.24, 2.45) is 16.8 Å². The van der Waals surface area contributed by atoms with E-state index in [1.807, 2.05) is 6.92 Å². The number of aliphatic hydroxyl groups is 1. The largest absolute Gasteiger partial charge is 0.462 e. The van der Waals surface area contributed by atoms with Crippen LogP contribution >= 0.6 is 24.0 Å². The molecule has 3 N–H and O–H groups in total. The molecule has 0 aliphatic heterocycles. The maximum Gasteiger partial charge on any atom is 0.306 e. The summed E-state index contributed by atoms with van der Waals surface area (Å²) >= 11 is 0. The highest BCUT2D eigenvalue weighted by molar-refractivity contribution is 14.0. The number of carbonyl (C=O) groups is 1. The Balaban J connectivity index is 0.00000676. The van der Waals surface area contributed by atoms with Crippen LogP contribution in [0, 0.1) is 11.8 Å². The highest BCUT2D eigenvalue weighted by Crippen LogP contribution is 2.21. The van der Waals surface area contributed by atoms with Gasteiger partial charge in [0.05, 0.1) is 0 Å². The first-order chi connectivity index (χ1) is 12.5. The second kappa shape index (κ2) is 16.4. The maximum atomic E-state index is 11.8. The molecule has 1 fully saturated rings. The average Bonchev–Trinajstić information content (AvgIpc) is 3.08. The summed E-state index contributed by atoms with van der Waals surface area (Å²) in [5.41, 5.74) is 0. The van der Waals surface area contributed by atoms with Crippen molar-refractivity contribution in [2.45, 2.75) is 78.2 Å². The number of nitrogens with one attached hydrogen (secondary N) is 2. The van der Waals surface area contributed by atoms with Crippen LogP contribution in [-0.2, 0) is 9.53 Å². The molecule has 0 heterocycles. The third kappa shape index (κ3) is 13.3. The molecule has 0 aromatic carbocycles. The first-order valence-electron chi connectivity index (χ1n) is 10.4.